The largest absolute Gasteiger partial charge is 0.339 e. The lowest BCUT2D eigenvalue weighted by Gasteiger charge is -2.30. The van der Waals surface area contributed by atoms with Crippen LogP contribution in [0.15, 0.2) is 0 Å². The summed E-state index contributed by atoms with van der Waals surface area (Å²) in [4.78, 5) is 13.7. The van der Waals surface area contributed by atoms with Gasteiger partial charge in [-0.1, -0.05) is 20.8 Å². The monoisotopic (exact) mass is 200 g/mol. The highest BCUT2D eigenvalue weighted by atomic mass is 16.2. The number of hydrogen-bond donors (Lipinski definition) is 1. The normalized spacial score (nSPS) is 13.4. The van der Waals surface area contributed by atoms with Crippen molar-refractivity contribution in [2.75, 3.05) is 6.54 Å². The molecule has 0 rings (SSSR count). The van der Waals surface area contributed by atoms with Gasteiger partial charge in [0.15, 0.2) is 0 Å². The molecule has 0 aromatic heterocycles. The number of carbonyl (C=O) groups excluding carboxylic acids is 1. The van der Waals surface area contributed by atoms with E-state index < -0.39 is 0 Å². The van der Waals surface area contributed by atoms with Crippen LogP contribution in [0, 0.1) is 5.92 Å². The fraction of sp³-hybridized carbons (Fsp3) is 0.909. The lowest BCUT2D eigenvalue weighted by Crippen LogP contribution is -2.48. The quantitative estimate of drug-likeness (QED) is 0.733. The lowest BCUT2D eigenvalue weighted by molar-refractivity contribution is -0.134. The minimum Gasteiger partial charge on any atom is -0.339 e. The maximum absolute atomic E-state index is 11.9. The van der Waals surface area contributed by atoms with Crippen molar-refractivity contribution < 1.29 is 4.79 Å². The van der Waals surface area contributed by atoms with Gasteiger partial charge in [-0.2, -0.15) is 0 Å². The van der Waals surface area contributed by atoms with Crippen LogP contribution in [-0.4, -0.2) is 29.4 Å². The van der Waals surface area contributed by atoms with Crippen molar-refractivity contribution in [2.24, 2.45) is 11.7 Å². The number of rotatable bonds is 5. The molecule has 0 radical (unpaired) electrons. The van der Waals surface area contributed by atoms with E-state index in [0.717, 1.165) is 6.54 Å². The molecule has 0 aromatic carbocycles. The second kappa shape index (κ2) is 6.02. The van der Waals surface area contributed by atoms with Gasteiger partial charge < -0.3 is 10.6 Å². The van der Waals surface area contributed by atoms with Crippen molar-refractivity contribution in [3.63, 3.8) is 0 Å². The van der Waals surface area contributed by atoms with Gasteiger partial charge in [-0.3, -0.25) is 4.79 Å². The summed E-state index contributed by atoms with van der Waals surface area (Å²) in [6, 6.07) is -0.0985. The fourth-order valence-electron chi connectivity index (χ4n) is 1.34. The molecule has 14 heavy (non-hydrogen) atoms. The lowest BCUT2D eigenvalue weighted by atomic mass is 10.1. The zero-order valence-corrected chi connectivity index (χ0v) is 10.1. The molecule has 0 bridgehead atoms. The molecule has 1 atom stereocenters. The number of carbonyl (C=O) groups is 1. The molecule has 84 valence electrons. The van der Waals surface area contributed by atoms with E-state index in [2.05, 4.69) is 13.8 Å². The molecule has 2 N–H and O–H groups in total. The first-order valence-corrected chi connectivity index (χ1v) is 5.46. The summed E-state index contributed by atoms with van der Waals surface area (Å²) in [5.41, 5.74) is 5.74. The van der Waals surface area contributed by atoms with E-state index >= 15 is 0 Å². The van der Waals surface area contributed by atoms with Gasteiger partial charge in [0.25, 0.3) is 0 Å². The third-order valence-electron chi connectivity index (χ3n) is 2.23. The predicted molar refractivity (Wildman–Crippen MR) is 60.0 cm³/mol. The third kappa shape index (κ3) is 4.09. The Kier molecular flexibility index (Phi) is 5.77. The molecule has 0 aromatic rings. The Bertz CT molecular complexity index is 178. The Morgan fingerprint density at radius 3 is 2.07 bits per heavy atom. The molecule has 0 heterocycles. The summed E-state index contributed by atoms with van der Waals surface area (Å²) in [6.45, 7) is 11.0. The highest BCUT2D eigenvalue weighted by molar-refractivity contribution is 5.81. The fourth-order valence-corrected chi connectivity index (χ4v) is 1.34. The maximum Gasteiger partial charge on any atom is 0.239 e. The van der Waals surface area contributed by atoms with Crippen molar-refractivity contribution in [1.82, 2.24) is 4.90 Å². The molecule has 0 unspecified atom stereocenters. The summed E-state index contributed by atoms with van der Waals surface area (Å²) in [5.74, 6) is 0.571. The smallest absolute Gasteiger partial charge is 0.239 e. The minimum absolute atomic E-state index is 0.0798. The van der Waals surface area contributed by atoms with Crippen LogP contribution in [-0.2, 0) is 4.79 Å². The van der Waals surface area contributed by atoms with E-state index in [1.165, 1.54) is 0 Å². The van der Waals surface area contributed by atoms with Crippen LogP contribution in [0.5, 0.6) is 0 Å². The second-order valence-corrected chi connectivity index (χ2v) is 4.49. The van der Waals surface area contributed by atoms with Crippen molar-refractivity contribution in [2.45, 2.75) is 53.1 Å². The van der Waals surface area contributed by atoms with Crippen molar-refractivity contribution in [3.8, 4) is 0 Å². The van der Waals surface area contributed by atoms with E-state index in [0.29, 0.717) is 12.3 Å². The van der Waals surface area contributed by atoms with Crippen molar-refractivity contribution in [1.29, 1.82) is 0 Å². The van der Waals surface area contributed by atoms with Gasteiger partial charge in [-0.05, 0) is 26.2 Å². The van der Waals surface area contributed by atoms with E-state index in [1.54, 1.807) is 0 Å². The second-order valence-electron chi connectivity index (χ2n) is 4.49. The topological polar surface area (TPSA) is 46.3 Å². The summed E-state index contributed by atoms with van der Waals surface area (Å²) >= 11 is 0. The number of hydrogen-bond acceptors (Lipinski definition) is 2. The number of nitrogens with zero attached hydrogens (tertiary/aromatic N) is 1. The highest BCUT2D eigenvalue weighted by Gasteiger charge is 2.22. The zero-order chi connectivity index (χ0) is 11.3. The van der Waals surface area contributed by atoms with Crippen LogP contribution in [0.3, 0.4) is 0 Å². The van der Waals surface area contributed by atoms with Gasteiger partial charge in [0, 0.05) is 12.6 Å². The molecule has 0 saturated heterocycles. The minimum atomic E-state index is -0.337. The first-order valence-electron chi connectivity index (χ1n) is 5.46. The van der Waals surface area contributed by atoms with Crippen LogP contribution < -0.4 is 5.73 Å². The molecule has 0 aliphatic carbocycles. The molecule has 1 amide bonds. The summed E-state index contributed by atoms with van der Waals surface area (Å²) in [7, 11) is 0. The van der Waals surface area contributed by atoms with Gasteiger partial charge in [0.05, 0.1) is 6.04 Å². The molecule has 3 heteroatoms. The zero-order valence-electron chi connectivity index (χ0n) is 10.1. The molecule has 0 aliphatic heterocycles. The van der Waals surface area contributed by atoms with Gasteiger partial charge in [-0.15, -0.1) is 0 Å². The molecule has 0 fully saturated rings. The molecular weight excluding hydrogens is 176 g/mol. The van der Waals surface area contributed by atoms with Gasteiger partial charge >= 0.3 is 0 Å². The predicted octanol–water partition coefficient (Wildman–Crippen LogP) is 1.62. The summed E-state index contributed by atoms with van der Waals surface area (Å²) in [5, 5.41) is 0. The maximum atomic E-state index is 11.9. The summed E-state index contributed by atoms with van der Waals surface area (Å²) in [6.07, 6.45) is 0.708. The molecule has 0 aliphatic rings. The Hall–Kier alpha value is -0.570. The first kappa shape index (κ1) is 13.4. The van der Waals surface area contributed by atoms with E-state index in [4.69, 9.17) is 5.73 Å². The third-order valence-corrected chi connectivity index (χ3v) is 2.23. The van der Waals surface area contributed by atoms with Crippen LogP contribution in [0.1, 0.15) is 41.0 Å². The van der Waals surface area contributed by atoms with E-state index in [1.807, 2.05) is 25.7 Å². The molecule has 0 saturated carbocycles. The van der Waals surface area contributed by atoms with Gasteiger partial charge in [0.2, 0.25) is 5.91 Å². The Morgan fingerprint density at radius 2 is 1.79 bits per heavy atom. The van der Waals surface area contributed by atoms with Crippen molar-refractivity contribution >= 4 is 5.91 Å². The van der Waals surface area contributed by atoms with Crippen LogP contribution in [0.2, 0.25) is 0 Å². The van der Waals surface area contributed by atoms with Crippen LogP contribution >= 0.6 is 0 Å². The van der Waals surface area contributed by atoms with E-state index in [9.17, 15) is 4.79 Å². The summed E-state index contributed by atoms with van der Waals surface area (Å²) < 4.78 is 0. The average Bonchev–Trinajstić information content (AvgIpc) is 2.11. The number of amides is 1. The number of nitrogens with two attached hydrogens (primary N) is 1. The van der Waals surface area contributed by atoms with Crippen LogP contribution in [0.4, 0.5) is 0 Å². The standard InChI is InChI=1S/C11H24N2O/c1-6-10(12)11(14)13(9(4)5)7-8(2)3/h8-10H,6-7,12H2,1-5H3/t10-/m0/s1. The Labute approximate surface area is 87.6 Å². The SMILES string of the molecule is CC[C@H](N)C(=O)N(CC(C)C)C(C)C. The average molecular weight is 200 g/mol. The Morgan fingerprint density at radius 1 is 1.29 bits per heavy atom. The Balaban J connectivity index is 4.41. The highest BCUT2D eigenvalue weighted by Crippen LogP contribution is 2.07. The molecular formula is C11H24N2O. The molecule has 0 spiro atoms. The van der Waals surface area contributed by atoms with Crippen LogP contribution in [0.25, 0.3) is 0 Å². The van der Waals surface area contributed by atoms with Crippen molar-refractivity contribution in [3.05, 3.63) is 0 Å². The first-order chi connectivity index (χ1) is 6.40. The van der Waals surface area contributed by atoms with Gasteiger partial charge in [-0.25, -0.2) is 0 Å². The van der Waals surface area contributed by atoms with E-state index in [-0.39, 0.29) is 18.0 Å². The molecule has 3 nitrogen and oxygen atoms in total. The van der Waals surface area contributed by atoms with Gasteiger partial charge in [0.1, 0.15) is 0 Å².